The van der Waals surface area contributed by atoms with E-state index in [9.17, 15) is 9.36 Å². The largest absolute Gasteiger partial charge is 0.465 e. The Morgan fingerprint density at radius 3 is 2.80 bits per heavy atom. The molecular weight excluding hydrogens is 219 g/mol. The Labute approximate surface area is 89.6 Å². The molecule has 1 aliphatic rings. The van der Waals surface area contributed by atoms with Crippen molar-refractivity contribution in [2.45, 2.75) is 32.3 Å². The lowest BCUT2D eigenvalue weighted by atomic mass is 10.2. The van der Waals surface area contributed by atoms with Crippen LogP contribution in [0.25, 0.3) is 0 Å². The number of ether oxygens (including phenoxy) is 1. The molecule has 0 aromatic rings. The fraction of sp³-hybridized carbons (Fsp3) is 0.889. The first-order chi connectivity index (χ1) is 7.14. The molecule has 0 radical (unpaired) electrons. The number of esters is 1. The van der Waals surface area contributed by atoms with Gasteiger partial charge in [0, 0.05) is 0 Å². The molecule has 1 heterocycles. The van der Waals surface area contributed by atoms with Crippen molar-refractivity contribution in [1.82, 2.24) is 0 Å². The maximum atomic E-state index is 12.1. The number of carbonyl (C=O) groups excluding carboxylic acids is 1. The van der Waals surface area contributed by atoms with E-state index in [-0.39, 0.29) is 13.2 Å². The summed E-state index contributed by atoms with van der Waals surface area (Å²) >= 11 is 0. The number of rotatable bonds is 4. The molecule has 1 aliphatic heterocycles. The monoisotopic (exact) mass is 236 g/mol. The van der Waals surface area contributed by atoms with Gasteiger partial charge in [-0.25, -0.2) is 0 Å². The third kappa shape index (κ3) is 3.03. The predicted molar refractivity (Wildman–Crippen MR) is 54.8 cm³/mol. The van der Waals surface area contributed by atoms with E-state index in [0.717, 1.165) is 0 Å². The molecule has 5 nitrogen and oxygen atoms in total. The maximum absolute atomic E-state index is 12.1. The normalized spacial score (nSPS) is 31.2. The van der Waals surface area contributed by atoms with Crippen molar-refractivity contribution in [3.63, 3.8) is 0 Å². The molecule has 6 heteroatoms. The summed E-state index contributed by atoms with van der Waals surface area (Å²) in [7, 11) is -3.28. The molecule has 15 heavy (non-hydrogen) atoms. The van der Waals surface area contributed by atoms with Gasteiger partial charge in [0.2, 0.25) is 0 Å². The molecule has 1 fully saturated rings. The Kier molecular flexibility index (Phi) is 4.77. The Balaban J connectivity index is 2.73. The molecule has 1 rings (SSSR count). The smallest absolute Gasteiger partial charge is 0.344 e. The van der Waals surface area contributed by atoms with Gasteiger partial charge < -0.3 is 13.8 Å². The van der Waals surface area contributed by atoms with Gasteiger partial charge in [-0.15, -0.1) is 0 Å². The summed E-state index contributed by atoms with van der Waals surface area (Å²) < 4.78 is 27.2. The lowest BCUT2D eigenvalue weighted by Gasteiger charge is -2.28. The Morgan fingerprint density at radius 2 is 2.20 bits per heavy atom. The molecule has 0 aromatic carbocycles. The molecule has 0 aliphatic carbocycles. The predicted octanol–water partition coefficient (Wildman–Crippen LogP) is 1.96. The minimum absolute atomic E-state index is 0.271. The van der Waals surface area contributed by atoms with Gasteiger partial charge in [-0.3, -0.25) is 9.36 Å². The van der Waals surface area contributed by atoms with E-state index in [4.69, 9.17) is 13.8 Å². The first kappa shape index (κ1) is 12.7. The van der Waals surface area contributed by atoms with Crippen LogP contribution < -0.4 is 0 Å². The molecule has 0 aromatic heterocycles. The first-order valence-corrected chi connectivity index (χ1v) is 6.80. The van der Waals surface area contributed by atoms with E-state index in [1.54, 1.807) is 13.8 Å². The van der Waals surface area contributed by atoms with Crippen molar-refractivity contribution in [3.05, 3.63) is 0 Å². The Morgan fingerprint density at radius 1 is 1.47 bits per heavy atom. The second-order valence-electron chi connectivity index (χ2n) is 3.20. The van der Waals surface area contributed by atoms with E-state index in [2.05, 4.69) is 0 Å². The van der Waals surface area contributed by atoms with E-state index in [0.29, 0.717) is 19.4 Å². The van der Waals surface area contributed by atoms with Crippen LogP contribution >= 0.6 is 7.60 Å². The van der Waals surface area contributed by atoms with Crippen LogP contribution in [0.1, 0.15) is 26.7 Å². The first-order valence-electron chi connectivity index (χ1n) is 5.19. The van der Waals surface area contributed by atoms with E-state index < -0.39 is 19.2 Å². The van der Waals surface area contributed by atoms with Crippen molar-refractivity contribution in [3.8, 4) is 0 Å². The lowest BCUT2D eigenvalue weighted by Crippen LogP contribution is -2.29. The molecule has 0 bridgehead atoms. The fourth-order valence-corrected chi connectivity index (χ4v) is 3.52. The van der Waals surface area contributed by atoms with Crippen molar-refractivity contribution < 1.29 is 23.1 Å². The van der Waals surface area contributed by atoms with Gasteiger partial charge in [-0.2, -0.15) is 0 Å². The van der Waals surface area contributed by atoms with E-state index in [1.807, 2.05) is 0 Å². The minimum atomic E-state index is -3.28. The second-order valence-corrected chi connectivity index (χ2v) is 5.42. The van der Waals surface area contributed by atoms with Gasteiger partial charge in [0.1, 0.15) is 0 Å². The molecule has 88 valence electrons. The van der Waals surface area contributed by atoms with Gasteiger partial charge in [0.05, 0.1) is 19.8 Å². The SMILES string of the molecule is CCOC(=O)C1CCCOP1(=O)OCC. The lowest BCUT2D eigenvalue weighted by molar-refractivity contribution is -0.143. The molecular formula is C9H17O5P. The highest BCUT2D eigenvalue weighted by molar-refractivity contribution is 7.55. The molecule has 1 saturated heterocycles. The van der Waals surface area contributed by atoms with Gasteiger partial charge in [0.15, 0.2) is 5.66 Å². The molecule has 0 spiro atoms. The van der Waals surface area contributed by atoms with Crippen LogP contribution in [0.15, 0.2) is 0 Å². The average Bonchev–Trinajstić information content (AvgIpc) is 2.18. The summed E-state index contributed by atoms with van der Waals surface area (Å²) in [5.41, 5.74) is -0.744. The third-order valence-electron chi connectivity index (χ3n) is 2.14. The topological polar surface area (TPSA) is 61.8 Å². The number of hydrogen-bond acceptors (Lipinski definition) is 5. The van der Waals surface area contributed by atoms with E-state index >= 15 is 0 Å². The van der Waals surface area contributed by atoms with Gasteiger partial charge in [-0.1, -0.05) is 0 Å². The average molecular weight is 236 g/mol. The number of carbonyl (C=O) groups is 1. The second kappa shape index (κ2) is 5.64. The van der Waals surface area contributed by atoms with Crippen LogP contribution in [0.3, 0.4) is 0 Å². The summed E-state index contributed by atoms with van der Waals surface area (Å²) in [6.45, 7) is 4.37. The zero-order valence-corrected chi connectivity index (χ0v) is 10.00. The summed E-state index contributed by atoms with van der Waals surface area (Å²) in [5.74, 6) is -0.478. The van der Waals surface area contributed by atoms with Gasteiger partial charge in [0.25, 0.3) is 0 Å². The van der Waals surface area contributed by atoms with Crippen LogP contribution in [0.4, 0.5) is 0 Å². The quantitative estimate of drug-likeness (QED) is 0.551. The summed E-state index contributed by atoms with van der Waals surface area (Å²) in [4.78, 5) is 11.5. The van der Waals surface area contributed by atoms with Crippen LogP contribution in [-0.4, -0.2) is 31.4 Å². The molecule has 2 atom stereocenters. The molecule has 2 unspecified atom stereocenters. The Bertz CT molecular complexity index is 259. The third-order valence-corrected chi connectivity index (χ3v) is 4.54. The maximum Gasteiger partial charge on any atom is 0.344 e. The summed E-state index contributed by atoms with van der Waals surface area (Å²) in [6.07, 6.45) is 1.22. The molecule has 0 saturated carbocycles. The highest BCUT2D eigenvalue weighted by Gasteiger charge is 2.44. The zero-order chi connectivity index (χ0) is 11.3. The highest BCUT2D eigenvalue weighted by Crippen LogP contribution is 2.57. The van der Waals surface area contributed by atoms with Crippen molar-refractivity contribution in [2.24, 2.45) is 0 Å². The summed E-state index contributed by atoms with van der Waals surface area (Å²) in [5, 5.41) is 0. The van der Waals surface area contributed by atoms with Gasteiger partial charge >= 0.3 is 13.6 Å². The van der Waals surface area contributed by atoms with Crippen molar-refractivity contribution in [1.29, 1.82) is 0 Å². The highest BCUT2D eigenvalue weighted by atomic mass is 31.2. The van der Waals surface area contributed by atoms with Crippen LogP contribution in [0, 0.1) is 0 Å². The van der Waals surface area contributed by atoms with E-state index in [1.165, 1.54) is 0 Å². The van der Waals surface area contributed by atoms with Crippen LogP contribution in [0.5, 0.6) is 0 Å². The Hall–Kier alpha value is -0.380. The number of hydrogen-bond donors (Lipinski definition) is 0. The fourth-order valence-electron chi connectivity index (χ4n) is 1.51. The van der Waals surface area contributed by atoms with Crippen LogP contribution in [-0.2, 0) is 23.1 Å². The zero-order valence-electron chi connectivity index (χ0n) is 9.10. The summed E-state index contributed by atoms with van der Waals surface area (Å²) in [6, 6.07) is 0. The van der Waals surface area contributed by atoms with Gasteiger partial charge in [-0.05, 0) is 26.7 Å². The van der Waals surface area contributed by atoms with Crippen molar-refractivity contribution in [2.75, 3.05) is 19.8 Å². The minimum Gasteiger partial charge on any atom is -0.465 e. The molecule has 0 N–H and O–H groups in total. The molecule has 0 amide bonds. The van der Waals surface area contributed by atoms with Crippen LogP contribution in [0.2, 0.25) is 0 Å². The standard InChI is InChI=1S/C9H17O5P/c1-3-12-9(10)8-6-5-7-14-15(8,11)13-4-2/h8H,3-7H2,1-2H3. The van der Waals surface area contributed by atoms with Crippen molar-refractivity contribution >= 4 is 13.6 Å².